The summed E-state index contributed by atoms with van der Waals surface area (Å²) in [7, 11) is 1.32. The van der Waals surface area contributed by atoms with Crippen molar-refractivity contribution < 1.29 is 9.53 Å². The third-order valence-electron chi connectivity index (χ3n) is 1.28. The number of esters is 1. The van der Waals surface area contributed by atoms with Gasteiger partial charge in [-0.05, 0) is 18.5 Å². The topological polar surface area (TPSA) is 65.2 Å². The molecule has 0 aliphatic carbocycles. The van der Waals surface area contributed by atoms with Crippen LogP contribution >= 0.6 is 11.5 Å². The van der Waals surface area contributed by atoms with E-state index in [1.54, 1.807) is 6.92 Å². The number of hydrogen-bond acceptors (Lipinski definition) is 5. The lowest BCUT2D eigenvalue weighted by Gasteiger charge is -1.94. The number of nitrogens with zero attached hydrogens (tertiary/aromatic N) is 1. The maximum Gasteiger partial charge on any atom is 0.351 e. The van der Waals surface area contributed by atoms with E-state index in [0.29, 0.717) is 16.3 Å². The molecule has 0 amide bonds. The maximum absolute atomic E-state index is 10.9. The molecule has 2 N–H and O–H groups in total. The minimum absolute atomic E-state index is 0.380. The summed E-state index contributed by atoms with van der Waals surface area (Å²) in [6, 6.07) is 0. The van der Waals surface area contributed by atoms with Crippen LogP contribution in [0, 0.1) is 6.92 Å². The van der Waals surface area contributed by atoms with Gasteiger partial charge in [-0.25, -0.2) is 4.79 Å². The number of nitrogen functional groups attached to an aromatic ring is 1. The highest BCUT2D eigenvalue weighted by Gasteiger charge is 2.14. The van der Waals surface area contributed by atoms with E-state index in [1.807, 2.05) is 0 Å². The van der Waals surface area contributed by atoms with Gasteiger partial charge >= 0.3 is 5.97 Å². The zero-order valence-electron chi connectivity index (χ0n) is 6.25. The molecule has 1 rings (SSSR count). The van der Waals surface area contributed by atoms with Crippen LogP contribution in [0.2, 0.25) is 0 Å². The van der Waals surface area contributed by atoms with Crippen LogP contribution in [0.1, 0.15) is 15.4 Å². The van der Waals surface area contributed by atoms with Crippen molar-refractivity contribution in [2.24, 2.45) is 0 Å². The number of nitrogens with two attached hydrogens (primary N) is 1. The van der Waals surface area contributed by atoms with Crippen molar-refractivity contribution in [3.05, 3.63) is 10.6 Å². The molecule has 0 aliphatic heterocycles. The number of aromatic nitrogens is 1. The van der Waals surface area contributed by atoms with Crippen molar-refractivity contribution in [2.45, 2.75) is 6.92 Å². The molecule has 0 fully saturated rings. The maximum atomic E-state index is 10.9. The normalized spacial score (nSPS) is 9.64. The number of methoxy groups -OCH3 is 1. The van der Waals surface area contributed by atoms with Gasteiger partial charge in [0.2, 0.25) is 0 Å². The first kappa shape index (κ1) is 8.00. The third kappa shape index (κ3) is 1.32. The Balaban J connectivity index is 3.04. The lowest BCUT2D eigenvalue weighted by molar-refractivity contribution is 0.0607. The molecule has 11 heavy (non-hydrogen) atoms. The van der Waals surface area contributed by atoms with Crippen LogP contribution in [-0.4, -0.2) is 17.5 Å². The average Bonchev–Trinajstić information content (AvgIpc) is 2.32. The standard InChI is InChI=1S/C6H8N2O2S/c1-3-4(7)5(11-8-3)6(9)10-2/h7H2,1-2H3. The summed E-state index contributed by atoms with van der Waals surface area (Å²) < 4.78 is 8.38. The van der Waals surface area contributed by atoms with Crippen molar-refractivity contribution in [1.82, 2.24) is 4.37 Å². The number of anilines is 1. The van der Waals surface area contributed by atoms with E-state index < -0.39 is 5.97 Å². The highest BCUT2D eigenvalue weighted by atomic mass is 32.1. The number of carbonyl (C=O) groups is 1. The minimum Gasteiger partial charge on any atom is -0.465 e. The summed E-state index contributed by atoms with van der Waals surface area (Å²) in [5.74, 6) is -0.423. The van der Waals surface area contributed by atoms with Gasteiger partial charge in [-0.2, -0.15) is 4.37 Å². The second kappa shape index (κ2) is 2.87. The van der Waals surface area contributed by atoms with Gasteiger partial charge in [-0.3, -0.25) is 0 Å². The zero-order valence-corrected chi connectivity index (χ0v) is 7.07. The molecule has 5 heteroatoms. The smallest absolute Gasteiger partial charge is 0.351 e. The SMILES string of the molecule is COC(=O)c1snc(C)c1N. The second-order valence-electron chi connectivity index (χ2n) is 2.00. The Morgan fingerprint density at radius 3 is 2.73 bits per heavy atom. The fourth-order valence-corrected chi connectivity index (χ4v) is 1.35. The van der Waals surface area contributed by atoms with E-state index in [1.165, 1.54) is 7.11 Å². The first-order valence-electron chi connectivity index (χ1n) is 2.97. The van der Waals surface area contributed by atoms with Gasteiger partial charge in [0.15, 0.2) is 4.88 Å². The highest BCUT2D eigenvalue weighted by Crippen LogP contribution is 2.20. The second-order valence-corrected chi connectivity index (χ2v) is 2.78. The van der Waals surface area contributed by atoms with Crippen LogP contribution in [0.5, 0.6) is 0 Å². The summed E-state index contributed by atoms with van der Waals surface area (Å²) in [4.78, 5) is 11.3. The molecule has 1 heterocycles. The summed E-state index contributed by atoms with van der Waals surface area (Å²) in [6.45, 7) is 1.75. The summed E-state index contributed by atoms with van der Waals surface area (Å²) in [6.07, 6.45) is 0. The van der Waals surface area contributed by atoms with E-state index in [2.05, 4.69) is 9.11 Å². The van der Waals surface area contributed by atoms with E-state index >= 15 is 0 Å². The molecule has 1 aromatic rings. The van der Waals surface area contributed by atoms with E-state index in [4.69, 9.17) is 5.73 Å². The van der Waals surface area contributed by atoms with Crippen molar-refractivity contribution in [3.63, 3.8) is 0 Å². The van der Waals surface area contributed by atoms with Crippen LogP contribution in [0.15, 0.2) is 0 Å². The molecule has 60 valence electrons. The largest absolute Gasteiger partial charge is 0.465 e. The van der Waals surface area contributed by atoms with Crippen molar-refractivity contribution >= 4 is 23.2 Å². The number of rotatable bonds is 1. The molecule has 0 bridgehead atoms. The number of ether oxygens (including phenoxy) is 1. The van der Waals surface area contributed by atoms with Crippen LogP contribution in [-0.2, 0) is 4.74 Å². The molecular formula is C6H8N2O2S. The Kier molecular flexibility index (Phi) is 2.09. The molecule has 0 radical (unpaired) electrons. The summed E-state index contributed by atoms with van der Waals surface area (Å²) >= 11 is 1.06. The number of hydrogen-bond donors (Lipinski definition) is 1. The molecule has 0 aliphatic rings. The number of aryl methyl sites for hydroxylation is 1. The monoisotopic (exact) mass is 172 g/mol. The predicted molar refractivity (Wildman–Crippen MR) is 42.6 cm³/mol. The summed E-state index contributed by atoms with van der Waals surface area (Å²) in [5, 5.41) is 0. The molecule has 0 aromatic carbocycles. The lowest BCUT2D eigenvalue weighted by atomic mass is 10.3. The van der Waals surface area contributed by atoms with Gasteiger partial charge in [-0.15, -0.1) is 0 Å². The quantitative estimate of drug-likeness (QED) is 0.637. The first-order valence-corrected chi connectivity index (χ1v) is 3.74. The lowest BCUT2D eigenvalue weighted by Crippen LogP contribution is -2.01. The zero-order chi connectivity index (χ0) is 8.43. The average molecular weight is 172 g/mol. The van der Waals surface area contributed by atoms with Gasteiger partial charge in [0.25, 0.3) is 0 Å². The Morgan fingerprint density at radius 2 is 2.36 bits per heavy atom. The summed E-state index contributed by atoms with van der Waals surface area (Å²) in [5.41, 5.74) is 6.62. The first-order chi connectivity index (χ1) is 5.16. The fraction of sp³-hybridized carbons (Fsp3) is 0.333. The highest BCUT2D eigenvalue weighted by molar-refractivity contribution is 7.08. The van der Waals surface area contributed by atoms with Crippen LogP contribution < -0.4 is 5.73 Å². The van der Waals surface area contributed by atoms with Gasteiger partial charge < -0.3 is 10.5 Å². The minimum atomic E-state index is -0.423. The fourth-order valence-electron chi connectivity index (χ4n) is 0.617. The van der Waals surface area contributed by atoms with Gasteiger partial charge in [0.05, 0.1) is 18.5 Å². The predicted octanol–water partition coefficient (Wildman–Crippen LogP) is 0.820. The van der Waals surface area contributed by atoms with Crippen LogP contribution in [0.3, 0.4) is 0 Å². The van der Waals surface area contributed by atoms with Crippen molar-refractivity contribution in [2.75, 3.05) is 12.8 Å². The van der Waals surface area contributed by atoms with Gasteiger partial charge in [0.1, 0.15) is 0 Å². The van der Waals surface area contributed by atoms with Crippen molar-refractivity contribution in [1.29, 1.82) is 0 Å². The molecule has 1 aromatic heterocycles. The van der Waals surface area contributed by atoms with Gasteiger partial charge in [0, 0.05) is 0 Å². The molecule has 0 unspecified atom stereocenters. The van der Waals surface area contributed by atoms with E-state index in [9.17, 15) is 4.79 Å². The Morgan fingerprint density at radius 1 is 1.73 bits per heavy atom. The van der Waals surface area contributed by atoms with Gasteiger partial charge in [-0.1, -0.05) is 0 Å². The van der Waals surface area contributed by atoms with E-state index in [0.717, 1.165) is 11.5 Å². The van der Waals surface area contributed by atoms with Crippen LogP contribution in [0.4, 0.5) is 5.69 Å². The molecule has 0 atom stereocenters. The molecular weight excluding hydrogens is 164 g/mol. The molecule has 4 nitrogen and oxygen atoms in total. The van der Waals surface area contributed by atoms with E-state index in [-0.39, 0.29) is 0 Å². The molecule has 0 spiro atoms. The Bertz CT molecular complexity index is 282. The molecule has 0 saturated heterocycles. The number of carbonyl (C=O) groups excluding carboxylic acids is 1. The van der Waals surface area contributed by atoms with Crippen LogP contribution in [0.25, 0.3) is 0 Å². The Labute approximate surface area is 68.1 Å². The third-order valence-corrected chi connectivity index (χ3v) is 2.21. The van der Waals surface area contributed by atoms with Crippen molar-refractivity contribution in [3.8, 4) is 0 Å². The Hall–Kier alpha value is -1.10. The molecule has 0 saturated carbocycles.